The number of anilines is 1. The highest BCUT2D eigenvalue weighted by atomic mass is 19.4. The molecule has 0 aliphatic carbocycles. The Bertz CT molecular complexity index is 2060. The summed E-state index contributed by atoms with van der Waals surface area (Å²) in [4.78, 5) is 26.1. The van der Waals surface area contributed by atoms with E-state index in [1.807, 2.05) is 0 Å². The van der Waals surface area contributed by atoms with Crippen molar-refractivity contribution in [3.05, 3.63) is 108 Å². The number of aromatic nitrogens is 4. The van der Waals surface area contributed by atoms with Crippen LogP contribution in [0.1, 0.15) is 29.8 Å². The van der Waals surface area contributed by atoms with Crippen LogP contribution in [0.15, 0.2) is 91.5 Å². The Hall–Kier alpha value is -5.34. The summed E-state index contributed by atoms with van der Waals surface area (Å²) in [5, 5.41) is 12.0. The SMILES string of the molecule is COc1ccc(C(OC(C(C)=O)[C@H]2O[C@@H](n3cnc4c(N)ncnc43)[C@@H](OCOCC(C(F)(F)F)C(F)(F)F)[C@@H]2O)(c2ccccc2)c2ccc(OC)cc2)cc1. The molecule has 3 aromatic carbocycles. The second kappa shape index (κ2) is 16.6. The number of aliphatic hydroxyl groups excluding tert-OH is 1. The number of nitrogen functional groups attached to an aromatic ring is 1. The number of Topliss-reactive ketones (excluding diaryl/α,β-unsaturated/α-hetero) is 1. The van der Waals surface area contributed by atoms with Crippen molar-refractivity contribution in [2.75, 3.05) is 33.4 Å². The summed E-state index contributed by atoms with van der Waals surface area (Å²) in [6.07, 6.45) is -17.1. The minimum Gasteiger partial charge on any atom is -0.497 e. The number of rotatable bonds is 15. The first-order valence-electron chi connectivity index (χ1n) is 17.2. The zero-order chi connectivity index (χ0) is 41.1. The lowest BCUT2D eigenvalue weighted by Crippen LogP contribution is -2.49. The van der Waals surface area contributed by atoms with Crippen molar-refractivity contribution in [1.82, 2.24) is 19.5 Å². The lowest BCUT2D eigenvalue weighted by molar-refractivity contribution is -0.299. The normalized spacial score (nSPS) is 19.6. The largest absolute Gasteiger partial charge is 0.497 e. The monoisotopic (exact) mass is 805 g/mol. The first kappa shape index (κ1) is 41.3. The van der Waals surface area contributed by atoms with Crippen molar-refractivity contribution in [3.63, 3.8) is 0 Å². The Morgan fingerprint density at radius 3 is 1.95 bits per heavy atom. The van der Waals surface area contributed by atoms with Crippen LogP contribution in [-0.4, -0.2) is 94.8 Å². The van der Waals surface area contributed by atoms with E-state index in [4.69, 9.17) is 34.2 Å². The molecule has 3 heterocycles. The molecular weight excluding hydrogens is 768 g/mol. The zero-order valence-corrected chi connectivity index (χ0v) is 30.5. The number of alkyl halides is 6. The fourth-order valence-electron chi connectivity index (χ4n) is 6.65. The summed E-state index contributed by atoms with van der Waals surface area (Å²) in [6, 6.07) is 22.6. The first-order chi connectivity index (χ1) is 27.1. The third-order valence-corrected chi connectivity index (χ3v) is 9.51. The van der Waals surface area contributed by atoms with Gasteiger partial charge < -0.3 is 39.3 Å². The molecule has 0 bridgehead atoms. The maximum atomic E-state index is 13.8. The number of carbonyl (C=O) groups excluding carboxylic acids is 1. The number of imidazole rings is 1. The van der Waals surface area contributed by atoms with E-state index in [1.54, 1.807) is 78.9 Å². The molecule has 0 radical (unpaired) electrons. The third kappa shape index (κ3) is 8.38. The Kier molecular flexibility index (Phi) is 12.1. The third-order valence-electron chi connectivity index (χ3n) is 9.51. The quantitative estimate of drug-likeness (QED) is 0.0572. The van der Waals surface area contributed by atoms with Crippen molar-refractivity contribution in [2.24, 2.45) is 5.92 Å². The van der Waals surface area contributed by atoms with E-state index >= 15 is 0 Å². The number of aliphatic hydroxyl groups is 1. The van der Waals surface area contributed by atoms with Crippen LogP contribution >= 0.6 is 0 Å². The van der Waals surface area contributed by atoms with E-state index < -0.39 is 73.7 Å². The van der Waals surface area contributed by atoms with Crippen LogP contribution in [0.5, 0.6) is 11.5 Å². The minimum absolute atomic E-state index is 0.0310. The maximum Gasteiger partial charge on any atom is 0.402 e. The topological polar surface area (TPSA) is 162 Å². The highest BCUT2D eigenvalue weighted by Gasteiger charge is 2.57. The van der Waals surface area contributed by atoms with Crippen LogP contribution in [0.2, 0.25) is 0 Å². The zero-order valence-electron chi connectivity index (χ0n) is 30.5. The summed E-state index contributed by atoms with van der Waals surface area (Å²) in [7, 11) is 3.00. The number of nitrogens with two attached hydrogens (primary N) is 1. The number of hydrogen-bond acceptors (Lipinski definition) is 12. The van der Waals surface area contributed by atoms with Crippen LogP contribution in [0.4, 0.5) is 32.2 Å². The average molecular weight is 806 g/mol. The summed E-state index contributed by atoms with van der Waals surface area (Å²) < 4.78 is 115. The average Bonchev–Trinajstić information content (AvgIpc) is 3.76. The number of halogens is 6. The molecule has 0 spiro atoms. The van der Waals surface area contributed by atoms with Crippen molar-refractivity contribution < 1.29 is 64.7 Å². The Morgan fingerprint density at radius 1 is 0.860 bits per heavy atom. The molecule has 13 nitrogen and oxygen atoms in total. The van der Waals surface area contributed by atoms with E-state index in [1.165, 1.54) is 32.0 Å². The Morgan fingerprint density at radius 2 is 1.42 bits per heavy atom. The van der Waals surface area contributed by atoms with E-state index in [-0.39, 0.29) is 17.0 Å². The van der Waals surface area contributed by atoms with Gasteiger partial charge in [0.15, 0.2) is 29.4 Å². The van der Waals surface area contributed by atoms with Gasteiger partial charge in [-0.2, -0.15) is 26.3 Å². The molecule has 5 aromatic rings. The predicted octanol–water partition coefficient (Wildman–Crippen LogP) is 5.75. The van der Waals surface area contributed by atoms with Gasteiger partial charge in [-0.1, -0.05) is 54.6 Å². The molecule has 1 aliphatic rings. The summed E-state index contributed by atoms with van der Waals surface area (Å²) in [5.74, 6) is -3.43. The van der Waals surface area contributed by atoms with Gasteiger partial charge in [0.2, 0.25) is 0 Å². The molecule has 19 heteroatoms. The van der Waals surface area contributed by atoms with Crippen molar-refractivity contribution in [2.45, 2.75) is 55.5 Å². The molecule has 57 heavy (non-hydrogen) atoms. The van der Waals surface area contributed by atoms with E-state index in [0.717, 1.165) is 6.33 Å². The molecule has 0 amide bonds. The smallest absolute Gasteiger partial charge is 0.402 e. The summed E-state index contributed by atoms with van der Waals surface area (Å²) >= 11 is 0. The van der Waals surface area contributed by atoms with E-state index in [2.05, 4.69) is 15.0 Å². The Labute approximate surface area is 321 Å². The molecule has 3 N–H and O–H groups in total. The van der Waals surface area contributed by atoms with Gasteiger partial charge >= 0.3 is 12.4 Å². The molecule has 0 saturated carbocycles. The van der Waals surface area contributed by atoms with Gasteiger partial charge in [-0.25, -0.2) is 15.0 Å². The molecule has 5 atom stereocenters. The van der Waals surface area contributed by atoms with Gasteiger partial charge in [0, 0.05) is 0 Å². The minimum atomic E-state index is -5.66. The van der Waals surface area contributed by atoms with Gasteiger partial charge in [-0.05, 0) is 47.9 Å². The molecule has 1 saturated heterocycles. The number of fused-ring (bicyclic) bond motifs is 1. The number of benzene rings is 3. The highest BCUT2D eigenvalue weighted by molar-refractivity contribution is 5.82. The number of ether oxygens (including phenoxy) is 6. The second-order valence-electron chi connectivity index (χ2n) is 13.0. The number of ketones is 1. The van der Waals surface area contributed by atoms with Gasteiger partial charge in [0.1, 0.15) is 60.2 Å². The van der Waals surface area contributed by atoms with Gasteiger partial charge in [-0.3, -0.25) is 9.36 Å². The molecule has 1 unspecified atom stereocenters. The molecule has 1 fully saturated rings. The predicted molar refractivity (Wildman–Crippen MR) is 189 cm³/mol. The molecular formula is C38H37F6N5O8. The standard InChI is InChI=1S/C38H37F6N5O8/c1-21(50)30(57-36(22-7-5-4-6-8-22,23-9-13-25(52-2)14-10-23)24-11-15-26(53-3)16-12-24)31-29(51)32(55-20-54-17-27(37(39,40)41)38(42,43)44)35(56-31)49-19-48-28-33(45)46-18-47-34(28)49/h4-16,18-19,27,29-32,35,51H,17,20H2,1-3H3,(H2,45,46,47)/t29-,30?,31+,32+,35-/m1/s1. The van der Waals surface area contributed by atoms with Crippen molar-refractivity contribution in [3.8, 4) is 11.5 Å². The van der Waals surface area contributed by atoms with Gasteiger partial charge in [0.05, 0.1) is 27.2 Å². The summed E-state index contributed by atoms with van der Waals surface area (Å²) in [6.45, 7) is -1.78. The van der Waals surface area contributed by atoms with Crippen LogP contribution in [0, 0.1) is 5.92 Å². The lowest BCUT2D eigenvalue weighted by atomic mass is 9.79. The van der Waals surface area contributed by atoms with Crippen LogP contribution in [0.3, 0.4) is 0 Å². The lowest BCUT2D eigenvalue weighted by Gasteiger charge is -2.40. The maximum absolute atomic E-state index is 13.8. The van der Waals surface area contributed by atoms with Crippen LogP contribution < -0.4 is 15.2 Å². The van der Waals surface area contributed by atoms with E-state index in [0.29, 0.717) is 28.2 Å². The molecule has 304 valence electrons. The van der Waals surface area contributed by atoms with Crippen molar-refractivity contribution >= 4 is 22.8 Å². The fraction of sp³-hybridized carbons (Fsp3) is 0.368. The first-order valence-corrected chi connectivity index (χ1v) is 17.2. The summed E-state index contributed by atoms with van der Waals surface area (Å²) in [5.41, 5.74) is 6.14. The molecule has 1 aliphatic heterocycles. The second-order valence-corrected chi connectivity index (χ2v) is 13.0. The number of nitrogens with zero attached hydrogens (tertiary/aromatic N) is 4. The number of methoxy groups -OCH3 is 2. The number of carbonyl (C=O) groups is 1. The van der Waals surface area contributed by atoms with Crippen LogP contribution in [0.25, 0.3) is 11.2 Å². The van der Waals surface area contributed by atoms with Crippen molar-refractivity contribution in [1.29, 1.82) is 0 Å². The van der Waals surface area contributed by atoms with E-state index in [9.17, 15) is 36.2 Å². The fourth-order valence-corrected chi connectivity index (χ4v) is 6.65. The molecule has 6 rings (SSSR count). The molecule has 2 aromatic heterocycles. The number of hydrogen-bond donors (Lipinski definition) is 2. The van der Waals surface area contributed by atoms with Gasteiger partial charge in [0.25, 0.3) is 0 Å². The van der Waals surface area contributed by atoms with Gasteiger partial charge in [-0.15, -0.1) is 0 Å². The Balaban J connectivity index is 1.43. The van der Waals surface area contributed by atoms with Crippen LogP contribution in [-0.2, 0) is 29.3 Å². The highest BCUT2D eigenvalue weighted by Crippen LogP contribution is 2.46.